The Kier molecular flexibility index (Phi) is 7.37. The van der Waals surface area contributed by atoms with Crippen LogP contribution in [0.2, 0.25) is 0 Å². The molecule has 1 aliphatic rings. The Morgan fingerprint density at radius 1 is 1.11 bits per heavy atom. The summed E-state index contributed by atoms with van der Waals surface area (Å²) in [5, 5.41) is 18.4. The number of carbonyl (C=O) groups excluding carboxylic acids is 2. The number of aromatic nitrogens is 4. The second kappa shape index (κ2) is 11.2. The van der Waals surface area contributed by atoms with E-state index in [2.05, 4.69) is 30.6 Å². The number of nitrogens with zero attached hydrogens (tertiary/aromatic N) is 4. The molecule has 3 aromatic heterocycles. The average Bonchev–Trinajstić information content (AvgIpc) is 3.38. The van der Waals surface area contributed by atoms with Crippen molar-refractivity contribution in [3.63, 3.8) is 0 Å². The van der Waals surface area contributed by atoms with Crippen LogP contribution in [-0.4, -0.2) is 50.0 Å². The Balaban J connectivity index is 1.33. The number of fused-ring (bicyclic) bond motifs is 2. The molecule has 5 aromatic rings. The standard InChI is InChI=1S/C33H30FN7O4/c1-18-8-20-9-21(10-25(27(20)38-12-18)40-23-13-36-17-37-14-23)30(42)39-15-33(3,44)26-11-24-29(45-16-32(24,2)31(35)43)28(41-26)19-4-6-22(34)7-5-19/h4-14,17,40,44H,15-16H2,1-3H3,(H2,35,43)(H,39,42)/t32-,33-/m0/s1. The van der Waals surface area contributed by atoms with Gasteiger partial charge in [-0.05, 0) is 74.9 Å². The van der Waals surface area contributed by atoms with E-state index in [1.54, 1.807) is 43.7 Å². The van der Waals surface area contributed by atoms with Crippen molar-refractivity contribution in [1.82, 2.24) is 25.3 Å². The second-order valence-corrected chi connectivity index (χ2v) is 11.5. The first-order valence-electron chi connectivity index (χ1n) is 14.1. The molecule has 0 unspecified atom stereocenters. The van der Waals surface area contributed by atoms with Gasteiger partial charge in [0, 0.05) is 28.3 Å². The Morgan fingerprint density at radius 2 is 1.84 bits per heavy atom. The molecule has 12 heteroatoms. The summed E-state index contributed by atoms with van der Waals surface area (Å²) in [6.07, 6.45) is 6.37. The molecule has 0 radical (unpaired) electrons. The van der Waals surface area contributed by atoms with Crippen molar-refractivity contribution in [2.24, 2.45) is 5.73 Å². The fourth-order valence-corrected chi connectivity index (χ4v) is 5.22. The van der Waals surface area contributed by atoms with E-state index in [9.17, 15) is 19.1 Å². The number of hydrogen-bond acceptors (Lipinski definition) is 9. The van der Waals surface area contributed by atoms with Gasteiger partial charge in [0.25, 0.3) is 5.91 Å². The maximum absolute atomic E-state index is 13.7. The van der Waals surface area contributed by atoms with Crippen molar-refractivity contribution in [2.75, 3.05) is 18.5 Å². The van der Waals surface area contributed by atoms with Crippen LogP contribution in [0.15, 0.2) is 73.4 Å². The third-order valence-corrected chi connectivity index (χ3v) is 7.90. The summed E-state index contributed by atoms with van der Waals surface area (Å²) in [4.78, 5) is 43.3. The third-order valence-electron chi connectivity index (χ3n) is 7.90. The third kappa shape index (κ3) is 5.63. The molecule has 2 amide bonds. The molecular formula is C33H30FN7O4. The van der Waals surface area contributed by atoms with Crippen LogP contribution in [0.25, 0.3) is 22.2 Å². The Morgan fingerprint density at radius 3 is 2.56 bits per heavy atom. The largest absolute Gasteiger partial charge is 0.489 e. The Bertz CT molecular complexity index is 1950. The summed E-state index contributed by atoms with van der Waals surface area (Å²) in [6.45, 7) is 4.82. The Hall–Kier alpha value is -5.49. The molecule has 6 rings (SSSR count). The highest BCUT2D eigenvalue weighted by molar-refractivity contribution is 6.03. The Labute approximate surface area is 257 Å². The lowest BCUT2D eigenvalue weighted by Gasteiger charge is -2.26. The number of benzene rings is 2. The fraction of sp³-hybridized carbons (Fsp3) is 0.212. The molecule has 2 atom stereocenters. The van der Waals surface area contributed by atoms with E-state index in [-0.39, 0.29) is 18.8 Å². The minimum absolute atomic E-state index is 0.0162. The monoisotopic (exact) mass is 607 g/mol. The van der Waals surface area contributed by atoms with E-state index in [4.69, 9.17) is 10.5 Å². The van der Waals surface area contributed by atoms with Gasteiger partial charge in [0.15, 0.2) is 0 Å². The topological polar surface area (TPSA) is 165 Å². The number of carbonyl (C=O) groups is 2. The van der Waals surface area contributed by atoms with Crippen LogP contribution >= 0.6 is 0 Å². The normalized spacial score (nSPS) is 16.8. The maximum Gasteiger partial charge on any atom is 0.251 e. The molecule has 11 nitrogen and oxygen atoms in total. The summed E-state index contributed by atoms with van der Waals surface area (Å²) in [7, 11) is 0. The molecule has 0 saturated heterocycles. The minimum atomic E-state index is -1.70. The van der Waals surface area contributed by atoms with Gasteiger partial charge in [0.05, 0.1) is 41.5 Å². The van der Waals surface area contributed by atoms with Crippen molar-refractivity contribution in [3.05, 3.63) is 102 Å². The van der Waals surface area contributed by atoms with Crippen LogP contribution in [0, 0.1) is 12.7 Å². The predicted molar refractivity (Wildman–Crippen MR) is 165 cm³/mol. The van der Waals surface area contributed by atoms with Gasteiger partial charge in [-0.1, -0.05) is 0 Å². The first-order valence-corrected chi connectivity index (χ1v) is 14.1. The van der Waals surface area contributed by atoms with Gasteiger partial charge in [0.2, 0.25) is 5.91 Å². The fourth-order valence-electron chi connectivity index (χ4n) is 5.22. The number of pyridine rings is 2. The van der Waals surface area contributed by atoms with Gasteiger partial charge in [-0.2, -0.15) is 0 Å². The van der Waals surface area contributed by atoms with Gasteiger partial charge in [0.1, 0.15) is 41.2 Å². The molecule has 5 N–H and O–H groups in total. The zero-order valence-corrected chi connectivity index (χ0v) is 24.8. The first kappa shape index (κ1) is 29.6. The number of primary amides is 1. The van der Waals surface area contributed by atoms with Crippen molar-refractivity contribution >= 4 is 34.1 Å². The average molecular weight is 608 g/mol. The number of nitrogens with one attached hydrogen (secondary N) is 2. The van der Waals surface area contributed by atoms with Crippen LogP contribution in [-0.2, 0) is 15.8 Å². The van der Waals surface area contributed by atoms with E-state index < -0.39 is 28.6 Å². The van der Waals surface area contributed by atoms with Crippen LogP contribution in [0.4, 0.5) is 15.8 Å². The molecule has 0 fully saturated rings. The number of aliphatic hydroxyl groups is 1. The predicted octanol–water partition coefficient (Wildman–Crippen LogP) is 4.05. The quantitative estimate of drug-likeness (QED) is 0.204. The van der Waals surface area contributed by atoms with Crippen molar-refractivity contribution in [3.8, 4) is 17.0 Å². The van der Waals surface area contributed by atoms with Crippen LogP contribution in [0.3, 0.4) is 0 Å². The molecule has 0 bridgehead atoms. The minimum Gasteiger partial charge on any atom is -0.489 e. The number of halogens is 1. The SMILES string of the molecule is Cc1cnc2c(Nc3cncnc3)cc(C(=O)NC[C@](C)(O)c3cc4c(c(-c5ccc(F)cc5)n3)OC[C@]4(C)C(N)=O)cc2c1. The molecule has 1 aliphatic heterocycles. The van der Waals surface area contributed by atoms with Crippen molar-refractivity contribution in [2.45, 2.75) is 31.8 Å². The van der Waals surface area contributed by atoms with Crippen LogP contribution < -0.4 is 21.1 Å². The lowest BCUT2D eigenvalue weighted by atomic mass is 9.82. The molecular weight excluding hydrogens is 577 g/mol. The molecule has 0 aliphatic carbocycles. The number of nitrogens with two attached hydrogens (primary N) is 1. The van der Waals surface area contributed by atoms with E-state index in [0.717, 1.165) is 10.9 Å². The lowest BCUT2D eigenvalue weighted by Crippen LogP contribution is -2.41. The van der Waals surface area contributed by atoms with Crippen molar-refractivity contribution in [1.29, 1.82) is 0 Å². The summed E-state index contributed by atoms with van der Waals surface area (Å²) in [6, 6.07) is 12.5. The number of anilines is 2. The molecule has 2 aromatic carbocycles. The van der Waals surface area contributed by atoms with Gasteiger partial charge in [-0.25, -0.2) is 19.3 Å². The number of amides is 2. The molecule has 228 valence electrons. The highest BCUT2D eigenvalue weighted by Gasteiger charge is 2.45. The number of ether oxygens (including phenoxy) is 1. The van der Waals surface area contributed by atoms with E-state index in [1.165, 1.54) is 37.5 Å². The number of rotatable bonds is 8. The molecule has 0 saturated carbocycles. The molecule has 0 spiro atoms. The van der Waals surface area contributed by atoms with Gasteiger partial charge in [-0.3, -0.25) is 14.6 Å². The summed E-state index contributed by atoms with van der Waals surface area (Å²) >= 11 is 0. The summed E-state index contributed by atoms with van der Waals surface area (Å²) in [5.41, 5.74) is 7.43. The van der Waals surface area contributed by atoms with Crippen molar-refractivity contribution < 1.29 is 23.8 Å². The van der Waals surface area contributed by atoms with E-state index >= 15 is 0 Å². The zero-order valence-electron chi connectivity index (χ0n) is 24.8. The molecule has 45 heavy (non-hydrogen) atoms. The lowest BCUT2D eigenvalue weighted by molar-refractivity contribution is -0.123. The van der Waals surface area contributed by atoms with Gasteiger partial charge >= 0.3 is 0 Å². The number of hydrogen-bond donors (Lipinski definition) is 4. The van der Waals surface area contributed by atoms with Gasteiger partial charge < -0.3 is 26.2 Å². The summed E-state index contributed by atoms with van der Waals surface area (Å²) < 4.78 is 19.6. The smallest absolute Gasteiger partial charge is 0.251 e. The van der Waals surface area contributed by atoms with Crippen LogP contribution in [0.1, 0.15) is 41.0 Å². The zero-order chi connectivity index (χ0) is 31.9. The van der Waals surface area contributed by atoms with E-state index in [1.807, 2.05) is 13.0 Å². The second-order valence-electron chi connectivity index (χ2n) is 11.5. The highest BCUT2D eigenvalue weighted by atomic mass is 19.1. The highest BCUT2D eigenvalue weighted by Crippen LogP contribution is 2.45. The maximum atomic E-state index is 13.7. The van der Waals surface area contributed by atoms with Crippen LogP contribution in [0.5, 0.6) is 5.75 Å². The first-order chi connectivity index (χ1) is 21.4. The molecule has 4 heterocycles. The summed E-state index contributed by atoms with van der Waals surface area (Å²) in [5.74, 6) is -1.16. The number of aryl methyl sites for hydroxylation is 1. The van der Waals surface area contributed by atoms with E-state index in [0.29, 0.717) is 45.0 Å². The van der Waals surface area contributed by atoms with Gasteiger partial charge in [-0.15, -0.1) is 0 Å².